The molecule has 0 saturated carbocycles. The third-order valence-electron chi connectivity index (χ3n) is 2.37. The molecule has 0 fully saturated rings. The van der Waals surface area contributed by atoms with Gasteiger partial charge in [0.1, 0.15) is 5.82 Å². The Morgan fingerprint density at radius 1 is 1.38 bits per heavy atom. The minimum atomic E-state index is -0.456. The number of rotatable bonds is 1. The van der Waals surface area contributed by atoms with Gasteiger partial charge in [0.15, 0.2) is 5.65 Å². The molecule has 2 heterocycles. The van der Waals surface area contributed by atoms with Crippen molar-refractivity contribution in [1.29, 1.82) is 0 Å². The molecule has 2 rings (SSSR count). The van der Waals surface area contributed by atoms with Crippen molar-refractivity contribution in [2.24, 2.45) is 5.73 Å². The van der Waals surface area contributed by atoms with E-state index in [4.69, 9.17) is 5.73 Å². The van der Waals surface area contributed by atoms with Crippen LogP contribution in [-0.4, -0.2) is 20.5 Å². The number of pyridine rings is 1. The lowest BCUT2D eigenvalue weighted by molar-refractivity contribution is 0.100. The zero-order chi connectivity index (χ0) is 11.9. The number of primary amides is 1. The fourth-order valence-corrected chi connectivity index (χ4v) is 1.56. The zero-order valence-corrected chi connectivity index (χ0v) is 9.56. The summed E-state index contributed by atoms with van der Waals surface area (Å²) in [5.74, 6) is 0.404. The average molecular weight is 218 g/mol. The second-order valence-corrected chi connectivity index (χ2v) is 4.78. The molecule has 0 aliphatic carbocycles. The Morgan fingerprint density at radius 3 is 2.62 bits per heavy atom. The van der Waals surface area contributed by atoms with E-state index in [0.717, 1.165) is 5.82 Å². The van der Waals surface area contributed by atoms with Crippen LogP contribution < -0.4 is 5.73 Å². The van der Waals surface area contributed by atoms with Crippen LogP contribution in [-0.2, 0) is 5.41 Å². The summed E-state index contributed by atoms with van der Waals surface area (Å²) in [7, 11) is 0. The van der Waals surface area contributed by atoms with E-state index in [1.54, 1.807) is 18.3 Å². The molecule has 2 aromatic rings. The lowest BCUT2D eigenvalue weighted by atomic mass is 9.96. The first-order valence-electron chi connectivity index (χ1n) is 5.04. The Bertz CT molecular complexity index is 551. The Labute approximate surface area is 93.3 Å². The summed E-state index contributed by atoms with van der Waals surface area (Å²) in [4.78, 5) is 11.0. The van der Waals surface area contributed by atoms with Gasteiger partial charge in [-0.2, -0.15) is 0 Å². The van der Waals surface area contributed by atoms with Crippen LogP contribution in [0.25, 0.3) is 5.65 Å². The van der Waals surface area contributed by atoms with E-state index in [1.807, 2.05) is 4.40 Å². The van der Waals surface area contributed by atoms with Crippen LogP contribution in [0.4, 0.5) is 0 Å². The van der Waals surface area contributed by atoms with Gasteiger partial charge in [0.05, 0.1) is 0 Å². The van der Waals surface area contributed by atoms with Gasteiger partial charge >= 0.3 is 0 Å². The van der Waals surface area contributed by atoms with Gasteiger partial charge in [-0.1, -0.05) is 20.8 Å². The lowest BCUT2D eigenvalue weighted by Crippen LogP contribution is -2.16. The van der Waals surface area contributed by atoms with Gasteiger partial charge in [-0.3, -0.25) is 9.20 Å². The minimum Gasteiger partial charge on any atom is -0.366 e. The van der Waals surface area contributed by atoms with Crippen molar-refractivity contribution in [3.63, 3.8) is 0 Å². The summed E-state index contributed by atoms with van der Waals surface area (Å²) < 4.78 is 1.87. The molecule has 5 heteroatoms. The van der Waals surface area contributed by atoms with E-state index >= 15 is 0 Å². The van der Waals surface area contributed by atoms with Crippen molar-refractivity contribution in [3.05, 3.63) is 29.7 Å². The summed E-state index contributed by atoms with van der Waals surface area (Å²) in [6, 6.07) is 3.32. The highest BCUT2D eigenvalue weighted by atomic mass is 16.1. The van der Waals surface area contributed by atoms with E-state index in [2.05, 4.69) is 31.0 Å². The number of nitrogens with two attached hydrogens (primary N) is 1. The first-order valence-corrected chi connectivity index (χ1v) is 5.04. The van der Waals surface area contributed by atoms with Crippen molar-refractivity contribution in [2.45, 2.75) is 26.2 Å². The summed E-state index contributed by atoms with van der Waals surface area (Å²) in [6.07, 6.45) is 1.77. The number of aromatic nitrogens is 3. The normalized spacial score (nSPS) is 11.9. The van der Waals surface area contributed by atoms with Crippen LogP contribution in [0.3, 0.4) is 0 Å². The Hall–Kier alpha value is -1.91. The Morgan fingerprint density at radius 2 is 2.06 bits per heavy atom. The van der Waals surface area contributed by atoms with Crippen molar-refractivity contribution < 1.29 is 4.79 Å². The highest BCUT2D eigenvalue weighted by Crippen LogP contribution is 2.20. The van der Waals surface area contributed by atoms with Crippen LogP contribution in [0.5, 0.6) is 0 Å². The van der Waals surface area contributed by atoms with Crippen LogP contribution in [0.1, 0.15) is 37.0 Å². The maximum atomic E-state index is 11.0. The van der Waals surface area contributed by atoms with Gasteiger partial charge in [0.25, 0.3) is 0 Å². The smallest absolute Gasteiger partial charge is 0.248 e. The van der Waals surface area contributed by atoms with Crippen LogP contribution in [0, 0.1) is 0 Å². The van der Waals surface area contributed by atoms with Crippen LogP contribution in [0.2, 0.25) is 0 Å². The predicted molar refractivity (Wildman–Crippen MR) is 60.2 cm³/mol. The minimum absolute atomic E-state index is 0.0896. The number of amides is 1. The third-order valence-corrected chi connectivity index (χ3v) is 2.37. The van der Waals surface area contributed by atoms with Crippen LogP contribution in [0.15, 0.2) is 18.3 Å². The Balaban J connectivity index is 2.64. The van der Waals surface area contributed by atoms with Crippen molar-refractivity contribution in [1.82, 2.24) is 14.6 Å². The van der Waals surface area contributed by atoms with E-state index < -0.39 is 5.91 Å². The molecule has 0 bridgehead atoms. The van der Waals surface area contributed by atoms with Gasteiger partial charge in [-0.15, -0.1) is 10.2 Å². The van der Waals surface area contributed by atoms with Crippen molar-refractivity contribution in [3.8, 4) is 0 Å². The molecule has 16 heavy (non-hydrogen) atoms. The topological polar surface area (TPSA) is 73.3 Å². The molecule has 5 nitrogen and oxygen atoms in total. The molecule has 0 aliphatic heterocycles. The quantitative estimate of drug-likeness (QED) is 0.779. The first kappa shape index (κ1) is 10.6. The fourth-order valence-electron chi connectivity index (χ4n) is 1.56. The number of nitrogens with zero attached hydrogens (tertiary/aromatic N) is 3. The standard InChI is InChI=1S/C11H14N4O/c1-11(2,3)10-14-13-8-6-7(9(12)16)4-5-15(8)10/h4-6H,1-3H3,(H2,12,16). The average Bonchev–Trinajstić information content (AvgIpc) is 2.58. The van der Waals surface area contributed by atoms with E-state index in [1.165, 1.54) is 0 Å². The second kappa shape index (κ2) is 3.30. The van der Waals surface area contributed by atoms with Gasteiger partial charge in [0.2, 0.25) is 5.91 Å². The zero-order valence-electron chi connectivity index (χ0n) is 9.56. The summed E-state index contributed by atoms with van der Waals surface area (Å²) in [5.41, 5.74) is 6.20. The second-order valence-electron chi connectivity index (χ2n) is 4.78. The maximum Gasteiger partial charge on any atom is 0.248 e. The number of fused-ring (bicyclic) bond motifs is 1. The van der Waals surface area contributed by atoms with E-state index in [9.17, 15) is 4.79 Å². The molecule has 0 atom stereocenters. The molecule has 2 N–H and O–H groups in total. The molecule has 0 unspecified atom stereocenters. The third kappa shape index (κ3) is 1.64. The van der Waals surface area contributed by atoms with Gasteiger partial charge in [0, 0.05) is 17.2 Å². The summed E-state index contributed by atoms with van der Waals surface area (Å²) in [6.45, 7) is 6.18. The maximum absolute atomic E-state index is 11.0. The molecule has 0 aliphatic rings. The summed E-state index contributed by atoms with van der Waals surface area (Å²) in [5, 5.41) is 8.16. The van der Waals surface area contributed by atoms with E-state index in [0.29, 0.717) is 11.2 Å². The molecular formula is C11H14N4O. The lowest BCUT2D eigenvalue weighted by Gasteiger charge is -2.15. The number of carbonyl (C=O) groups excluding carboxylic acids is 1. The molecule has 0 aromatic carbocycles. The molecule has 84 valence electrons. The molecule has 0 spiro atoms. The number of carbonyl (C=O) groups is 1. The van der Waals surface area contributed by atoms with Crippen LogP contribution >= 0.6 is 0 Å². The monoisotopic (exact) mass is 218 g/mol. The summed E-state index contributed by atoms with van der Waals surface area (Å²) >= 11 is 0. The molecular weight excluding hydrogens is 204 g/mol. The molecule has 1 amide bonds. The molecule has 0 radical (unpaired) electrons. The van der Waals surface area contributed by atoms with Gasteiger partial charge < -0.3 is 5.73 Å². The van der Waals surface area contributed by atoms with Gasteiger partial charge in [-0.25, -0.2) is 0 Å². The van der Waals surface area contributed by atoms with Gasteiger partial charge in [-0.05, 0) is 12.1 Å². The highest BCUT2D eigenvalue weighted by Gasteiger charge is 2.20. The van der Waals surface area contributed by atoms with Crippen molar-refractivity contribution >= 4 is 11.6 Å². The van der Waals surface area contributed by atoms with Crippen molar-refractivity contribution in [2.75, 3.05) is 0 Å². The molecule has 0 saturated heterocycles. The molecule has 2 aromatic heterocycles. The SMILES string of the molecule is CC(C)(C)c1nnc2cc(C(N)=O)ccn12. The number of hydrogen-bond donors (Lipinski definition) is 1. The predicted octanol–water partition coefficient (Wildman–Crippen LogP) is 1.13. The fraction of sp³-hybridized carbons (Fsp3) is 0.364. The first-order chi connectivity index (χ1) is 7.39. The number of hydrogen-bond acceptors (Lipinski definition) is 3. The Kier molecular flexibility index (Phi) is 2.18. The van der Waals surface area contributed by atoms with E-state index in [-0.39, 0.29) is 5.41 Å². The largest absolute Gasteiger partial charge is 0.366 e. The highest BCUT2D eigenvalue weighted by molar-refractivity contribution is 5.93.